The van der Waals surface area contributed by atoms with Crippen molar-refractivity contribution in [1.29, 1.82) is 0 Å². The Morgan fingerprint density at radius 1 is 1.11 bits per heavy atom. The molecule has 0 aliphatic heterocycles. The molecule has 1 rings (SSSR count). The van der Waals surface area contributed by atoms with Crippen LogP contribution in [0, 0.1) is 0 Å². The minimum atomic E-state index is -1.18. The molecule has 0 atom stereocenters. The van der Waals surface area contributed by atoms with Gasteiger partial charge in [0, 0.05) is 18.0 Å². The van der Waals surface area contributed by atoms with Crippen LogP contribution in [0.2, 0.25) is 0 Å². The molecule has 3 nitrogen and oxygen atoms in total. The van der Waals surface area contributed by atoms with Crippen molar-refractivity contribution in [1.82, 2.24) is 0 Å². The average Bonchev–Trinajstić information content (AvgIpc) is 2.16. The number of hydrogen-bond donors (Lipinski definition) is 1. The Kier molecular flexibility index (Phi) is 3.99. The molecule has 0 spiro atoms. The van der Waals surface area contributed by atoms with E-state index < -0.39 is 5.97 Å². The zero-order chi connectivity index (χ0) is 15.0. The summed E-state index contributed by atoms with van der Waals surface area (Å²) in [5.74, 6) is -1.11. The van der Waals surface area contributed by atoms with Crippen molar-refractivity contribution in [2.45, 2.75) is 58.8 Å². The van der Waals surface area contributed by atoms with Gasteiger partial charge in [-0.25, -0.2) is 0 Å². The zero-order valence-electron chi connectivity index (χ0n) is 12.6. The van der Waals surface area contributed by atoms with Crippen LogP contribution in [0.25, 0.3) is 0 Å². The molecule has 1 aromatic carbocycles. The second-order valence-corrected chi connectivity index (χ2v) is 7.08. The average molecular weight is 263 g/mol. The summed E-state index contributed by atoms with van der Waals surface area (Å²) >= 11 is 0. The highest BCUT2D eigenvalue weighted by Gasteiger charge is 2.24. The van der Waals surface area contributed by atoms with E-state index in [0.717, 1.165) is 11.1 Å². The van der Waals surface area contributed by atoms with Gasteiger partial charge in [0.2, 0.25) is 0 Å². The number of carboxylic acid groups (broad SMARTS) is 1. The van der Waals surface area contributed by atoms with E-state index >= 15 is 0 Å². The maximum atomic E-state index is 10.8. The van der Waals surface area contributed by atoms with Gasteiger partial charge in [0.25, 0.3) is 0 Å². The largest absolute Gasteiger partial charge is 0.550 e. The summed E-state index contributed by atoms with van der Waals surface area (Å²) < 4.78 is 0. The molecule has 0 unspecified atom stereocenters. The molecule has 3 heteroatoms. The number of hydrogen-bond acceptors (Lipinski definition) is 3. The van der Waals surface area contributed by atoms with Crippen molar-refractivity contribution in [3.05, 3.63) is 28.8 Å². The molecule has 0 saturated heterocycles. The van der Waals surface area contributed by atoms with Crippen molar-refractivity contribution in [2.75, 3.05) is 0 Å². The van der Waals surface area contributed by atoms with Gasteiger partial charge in [-0.2, -0.15) is 0 Å². The molecule has 0 heterocycles. The number of aromatic hydroxyl groups is 1. The minimum Gasteiger partial charge on any atom is -0.550 e. The number of benzene rings is 1. The third kappa shape index (κ3) is 3.72. The first-order valence-corrected chi connectivity index (χ1v) is 6.49. The number of phenolic OH excluding ortho intramolecular Hbond substituents is 1. The van der Waals surface area contributed by atoms with Gasteiger partial charge in [0.1, 0.15) is 5.75 Å². The van der Waals surface area contributed by atoms with Gasteiger partial charge < -0.3 is 15.0 Å². The molecule has 106 valence electrons. The Morgan fingerprint density at radius 3 is 2.00 bits per heavy atom. The summed E-state index contributed by atoms with van der Waals surface area (Å²) in [5.41, 5.74) is 1.88. The monoisotopic (exact) mass is 263 g/mol. The highest BCUT2D eigenvalue weighted by molar-refractivity contribution is 5.70. The Labute approximate surface area is 115 Å². The van der Waals surface area contributed by atoms with Crippen LogP contribution in [0.1, 0.15) is 58.2 Å². The third-order valence-electron chi connectivity index (χ3n) is 3.20. The molecule has 0 radical (unpaired) electrons. The molecule has 0 aromatic heterocycles. The molecule has 0 aliphatic rings. The van der Waals surface area contributed by atoms with Crippen LogP contribution in [0.5, 0.6) is 5.75 Å². The van der Waals surface area contributed by atoms with E-state index in [-0.39, 0.29) is 23.0 Å². The summed E-state index contributed by atoms with van der Waals surface area (Å²) in [5, 5.41) is 21.1. The molecular formula is C16H23O3-. The van der Waals surface area contributed by atoms with Crippen LogP contribution < -0.4 is 5.11 Å². The Hall–Kier alpha value is -1.51. The van der Waals surface area contributed by atoms with Gasteiger partial charge in [-0.05, 0) is 22.0 Å². The van der Waals surface area contributed by atoms with Crippen LogP contribution in [-0.2, 0) is 22.0 Å². The lowest BCUT2D eigenvalue weighted by Gasteiger charge is -2.27. The number of carboxylic acids is 1. The van der Waals surface area contributed by atoms with Crippen LogP contribution in [0.15, 0.2) is 12.1 Å². The van der Waals surface area contributed by atoms with Crippen molar-refractivity contribution in [2.24, 2.45) is 0 Å². The first-order valence-electron chi connectivity index (χ1n) is 6.49. The molecule has 1 aromatic rings. The van der Waals surface area contributed by atoms with E-state index in [9.17, 15) is 15.0 Å². The van der Waals surface area contributed by atoms with Crippen LogP contribution in [0.3, 0.4) is 0 Å². The van der Waals surface area contributed by atoms with Gasteiger partial charge in [-0.15, -0.1) is 0 Å². The molecule has 0 bridgehead atoms. The lowest BCUT2D eigenvalue weighted by atomic mass is 9.78. The zero-order valence-corrected chi connectivity index (χ0v) is 12.6. The van der Waals surface area contributed by atoms with E-state index in [4.69, 9.17) is 0 Å². The third-order valence-corrected chi connectivity index (χ3v) is 3.20. The van der Waals surface area contributed by atoms with Gasteiger partial charge >= 0.3 is 0 Å². The van der Waals surface area contributed by atoms with Crippen LogP contribution in [-0.4, -0.2) is 11.1 Å². The number of carbonyl (C=O) groups excluding carboxylic acids is 1. The smallest absolute Gasteiger partial charge is 0.122 e. The summed E-state index contributed by atoms with van der Waals surface area (Å²) in [7, 11) is 0. The van der Waals surface area contributed by atoms with Gasteiger partial charge in [-0.3, -0.25) is 0 Å². The van der Waals surface area contributed by atoms with E-state index in [1.807, 2.05) is 26.8 Å². The number of rotatable bonds is 2. The predicted octanol–water partition coefficient (Wildman–Crippen LogP) is 2.28. The summed E-state index contributed by atoms with van der Waals surface area (Å²) in [4.78, 5) is 10.8. The van der Waals surface area contributed by atoms with Gasteiger partial charge in [-0.1, -0.05) is 53.7 Å². The summed E-state index contributed by atoms with van der Waals surface area (Å²) in [6, 6.07) is 3.73. The first kappa shape index (κ1) is 15.5. The maximum absolute atomic E-state index is 10.8. The van der Waals surface area contributed by atoms with Crippen molar-refractivity contribution in [3.63, 3.8) is 0 Å². The summed E-state index contributed by atoms with van der Waals surface area (Å²) in [6.07, 6.45) is -0.265. The van der Waals surface area contributed by atoms with E-state index in [2.05, 4.69) is 20.8 Å². The molecule has 0 fully saturated rings. The van der Waals surface area contributed by atoms with Crippen LogP contribution in [0.4, 0.5) is 0 Å². The Bertz CT molecular complexity index is 488. The normalized spacial score (nSPS) is 12.5. The molecule has 0 saturated carbocycles. The lowest BCUT2D eigenvalue weighted by molar-refractivity contribution is -0.304. The lowest BCUT2D eigenvalue weighted by Crippen LogP contribution is -2.25. The summed E-state index contributed by atoms with van der Waals surface area (Å²) in [6.45, 7) is 12.2. The standard InChI is InChI=1S/C16H24O3/c1-15(2,3)11-7-10(8-13(17)18)14(19)12(9-11)16(4,5)6/h7,9,19H,8H2,1-6H3,(H,17,18)/p-1. The highest BCUT2D eigenvalue weighted by Crippen LogP contribution is 2.37. The fraction of sp³-hybridized carbons (Fsp3) is 0.562. The van der Waals surface area contributed by atoms with Crippen LogP contribution >= 0.6 is 0 Å². The number of aliphatic carboxylic acids is 1. The quantitative estimate of drug-likeness (QED) is 0.890. The number of carbonyl (C=O) groups is 1. The predicted molar refractivity (Wildman–Crippen MR) is 74.2 cm³/mol. The Morgan fingerprint density at radius 2 is 1.63 bits per heavy atom. The maximum Gasteiger partial charge on any atom is 0.122 e. The molecular weight excluding hydrogens is 240 g/mol. The minimum absolute atomic E-state index is 0.0738. The fourth-order valence-electron chi connectivity index (χ4n) is 1.99. The SMILES string of the molecule is CC(C)(C)c1cc(CC(=O)[O-])c(O)c(C(C)(C)C)c1. The van der Waals surface area contributed by atoms with E-state index in [1.54, 1.807) is 6.07 Å². The topological polar surface area (TPSA) is 60.4 Å². The van der Waals surface area contributed by atoms with E-state index in [1.165, 1.54) is 0 Å². The molecule has 0 amide bonds. The van der Waals surface area contributed by atoms with Crippen molar-refractivity contribution >= 4 is 5.97 Å². The first-order chi connectivity index (χ1) is 8.43. The van der Waals surface area contributed by atoms with E-state index in [0.29, 0.717) is 5.56 Å². The second-order valence-electron chi connectivity index (χ2n) is 7.08. The van der Waals surface area contributed by atoms with Gasteiger partial charge in [0.05, 0.1) is 0 Å². The fourth-order valence-corrected chi connectivity index (χ4v) is 1.99. The van der Waals surface area contributed by atoms with Crippen molar-refractivity contribution < 1.29 is 15.0 Å². The molecule has 0 aliphatic carbocycles. The second kappa shape index (κ2) is 4.87. The van der Waals surface area contributed by atoms with Gasteiger partial charge in [0.15, 0.2) is 0 Å². The number of phenols is 1. The molecule has 19 heavy (non-hydrogen) atoms. The Balaban J connectivity index is 3.52. The molecule has 1 N–H and O–H groups in total. The van der Waals surface area contributed by atoms with Crippen molar-refractivity contribution in [3.8, 4) is 5.75 Å². The highest BCUT2D eigenvalue weighted by atomic mass is 16.4.